The maximum absolute atomic E-state index is 11.3. The second kappa shape index (κ2) is 6.39. The molecule has 5 nitrogen and oxygen atoms in total. The molecule has 0 fully saturated rings. The molecule has 0 atom stereocenters. The summed E-state index contributed by atoms with van der Waals surface area (Å²) in [6, 6.07) is 6.90. The van der Waals surface area contributed by atoms with Crippen molar-refractivity contribution in [3.63, 3.8) is 0 Å². The highest BCUT2D eigenvalue weighted by Crippen LogP contribution is 2.13. The molecule has 1 rings (SSSR count). The third-order valence-electron chi connectivity index (χ3n) is 2.58. The first-order chi connectivity index (χ1) is 8.46. The van der Waals surface area contributed by atoms with Gasteiger partial charge in [-0.15, -0.1) is 0 Å². The van der Waals surface area contributed by atoms with Crippen LogP contribution in [0.2, 0.25) is 0 Å². The largest absolute Gasteiger partial charge is 0.384 e. The number of nitrogens with two attached hydrogens (primary N) is 1. The number of anilines is 1. The number of carbonyl (C=O) groups is 1. The second-order valence-corrected chi connectivity index (χ2v) is 6.40. The summed E-state index contributed by atoms with van der Waals surface area (Å²) in [5.41, 5.74) is 6.29. The summed E-state index contributed by atoms with van der Waals surface area (Å²) in [5, 5.41) is 3.03. The summed E-state index contributed by atoms with van der Waals surface area (Å²) >= 11 is 0. The Balaban J connectivity index is 2.52. The summed E-state index contributed by atoms with van der Waals surface area (Å²) in [7, 11) is -2.93. The van der Waals surface area contributed by atoms with Crippen molar-refractivity contribution in [2.24, 2.45) is 5.73 Å². The van der Waals surface area contributed by atoms with Gasteiger partial charge in [-0.1, -0.05) is 19.1 Å². The maximum atomic E-state index is 11.3. The first-order valence-corrected chi connectivity index (χ1v) is 7.61. The van der Waals surface area contributed by atoms with E-state index in [4.69, 9.17) is 5.73 Å². The standard InChI is InChI=1S/C12H18N2O3S/c1-2-18(16,17)9-5-8-14-11-7-4-3-6-10(11)12(13)15/h3-4,6-7,14H,2,5,8-9H2,1H3,(H2,13,15). The normalized spacial score (nSPS) is 11.2. The van der Waals surface area contributed by atoms with Gasteiger partial charge in [-0.3, -0.25) is 4.79 Å². The Kier molecular flexibility index (Phi) is 5.15. The predicted molar refractivity (Wildman–Crippen MR) is 72.4 cm³/mol. The summed E-state index contributed by atoms with van der Waals surface area (Å²) in [5.74, 6) is -0.195. The fraction of sp³-hybridized carbons (Fsp3) is 0.417. The minimum Gasteiger partial charge on any atom is -0.384 e. The molecule has 100 valence electrons. The molecule has 1 aromatic carbocycles. The van der Waals surface area contributed by atoms with Crippen LogP contribution in [-0.4, -0.2) is 32.4 Å². The molecule has 18 heavy (non-hydrogen) atoms. The van der Waals surface area contributed by atoms with Crippen molar-refractivity contribution < 1.29 is 13.2 Å². The van der Waals surface area contributed by atoms with Crippen LogP contribution < -0.4 is 11.1 Å². The van der Waals surface area contributed by atoms with E-state index in [-0.39, 0.29) is 11.5 Å². The van der Waals surface area contributed by atoms with Crippen molar-refractivity contribution in [1.82, 2.24) is 0 Å². The van der Waals surface area contributed by atoms with Crippen molar-refractivity contribution in [2.45, 2.75) is 13.3 Å². The van der Waals surface area contributed by atoms with E-state index in [2.05, 4.69) is 5.32 Å². The van der Waals surface area contributed by atoms with Crippen molar-refractivity contribution >= 4 is 21.4 Å². The molecule has 0 saturated heterocycles. The van der Waals surface area contributed by atoms with Crippen molar-refractivity contribution in [3.05, 3.63) is 29.8 Å². The fourth-order valence-electron chi connectivity index (χ4n) is 1.51. The molecule has 0 bridgehead atoms. The second-order valence-electron chi connectivity index (χ2n) is 3.93. The molecular weight excluding hydrogens is 252 g/mol. The molecule has 0 aromatic heterocycles. The number of sulfone groups is 1. The van der Waals surface area contributed by atoms with Gasteiger partial charge in [-0.05, 0) is 18.6 Å². The van der Waals surface area contributed by atoms with Crippen LogP contribution in [0.15, 0.2) is 24.3 Å². The number of carbonyl (C=O) groups excluding carboxylic acids is 1. The van der Waals surface area contributed by atoms with Crippen LogP contribution >= 0.6 is 0 Å². The van der Waals surface area contributed by atoms with E-state index in [1.807, 2.05) is 0 Å². The van der Waals surface area contributed by atoms with Crippen molar-refractivity contribution in [3.8, 4) is 0 Å². The topological polar surface area (TPSA) is 89.3 Å². The lowest BCUT2D eigenvalue weighted by Crippen LogP contribution is -2.16. The lowest BCUT2D eigenvalue weighted by Gasteiger charge is -2.09. The lowest BCUT2D eigenvalue weighted by atomic mass is 10.1. The van der Waals surface area contributed by atoms with Crippen LogP contribution in [0, 0.1) is 0 Å². The molecular formula is C12H18N2O3S. The van der Waals surface area contributed by atoms with Gasteiger partial charge in [0.25, 0.3) is 5.91 Å². The van der Waals surface area contributed by atoms with E-state index >= 15 is 0 Å². The monoisotopic (exact) mass is 270 g/mol. The Morgan fingerprint density at radius 1 is 1.33 bits per heavy atom. The van der Waals surface area contributed by atoms with Crippen LogP contribution in [0.1, 0.15) is 23.7 Å². The van der Waals surface area contributed by atoms with Crippen LogP contribution in [0.25, 0.3) is 0 Å². The number of nitrogens with one attached hydrogen (secondary N) is 1. The Labute approximate surface area is 107 Å². The molecule has 6 heteroatoms. The number of primary amides is 1. The van der Waals surface area contributed by atoms with E-state index in [0.717, 1.165) is 0 Å². The van der Waals surface area contributed by atoms with Crippen LogP contribution in [0.5, 0.6) is 0 Å². The average Bonchev–Trinajstić information content (AvgIpc) is 2.35. The molecule has 1 aromatic rings. The Hall–Kier alpha value is -1.56. The maximum Gasteiger partial charge on any atom is 0.250 e. The number of amides is 1. The summed E-state index contributed by atoms with van der Waals surface area (Å²) in [4.78, 5) is 11.1. The highest BCUT2D eigenvalue weighted by molar-refractivity contribution is 7.91. The first kappa shape index (κ1) is 14.5. The molecule has 0 heterocycles. The SMILES string of the molecule is CCS(=O)(=O)CCCNc1ccccc1C(N)=O. The molecule has 0 aliphatic heterocycles. The fourth-order valence-corrected chi connectivity index (χ4v) is 2.38. The highest BCUT2D eigenvalue weighted by atomic mass is 32.2. The van der Waals surface area contributed by atoms with Gasteiger partial charge in [0, 0.05) is 18.0 Å². The van der Waals surface area contributed by atoms with E-state index in [0.29, 0.717) is 24.2 Å². The van der Waals surface area contributed by atoms with Gasteiger partial charge < -0.3 is 11.1 Å². The number of benzene rings is 1. The van der Waals surface area contributed by atoms with Gasteiger partial charge >= 0.3 is 0 Å². The van der Waals surface area contributed by atoms with E-state index < -0.39 is 15.7 Å². The number of rotatable bonds is 7. The van der Waals surface area contributed by atoms with Crippen LogP contribution in [0.3, 0.4) is 0 Å². The summed E-state index contributed by atoms with van der Waals surface area (Å²) in [6.07, 6.45) is 0.503. The summed E-state index contributed by atoms with van der Waals surface area (Å²) < 4.78 is 22.6. The minimum atomic E-state index is -2.93. The van der Waals surface area contributed by atoms with Gasteiger partial charge in [0.1, 0.15) is 9.84 Å². The first-order valence-electron chi connectivity index (χ1n) is 5.79. The molecule has 0 saturated carbocycles. The smallest absolute Gasteiger partial charge is 0.250 e. The Morgan fingerprint density at radius 2 is 2.00 bits per heavy atom. The third-order valence-corrected chi connectivity index (χ3v) is 4.37. The summed E-state index contributed by atoms with van der Waals surface area (Å²) in [6.45, 7) is 2.12. The molecule has 0 spiro atoms. The molecule has 0 unspecified atom stereocenters. The number of hydrogen-bond acceptors (Lipinski definition) is 4. The van der Waals surface area contributed by atoms with Crippen LogP contribution in [-0.2, 0) is 9.84 Å². The molecule has 0 aliphatic rings. The lowest BCUT2D eigenvalue weighted by molar-refractivity contribution is 0.100. The van der Waals surface area contributed by atoms with Crippen LogP contribution in [0.4, 0.5) is 5.69 Å². The quantitative estimate of drug-likeness (QED) is 0.724. The van der Waals surface area contributed by atoms with Gasteiger partial charge in [0.15, 0.2) is 0 Å². The average molecular weight is 270 g/mol. The van der Waals surface area contributed by atoms with E-state index in [1.165, 1.54) is 0 Å². The molecule has 1 amide bonds. The van der Waals surface area contributed by atoms with Crippen molar-refractivity contribution in [2.75, 3.05) is 23.4 Å². The van der Waals surface area contributed by atoms with Gasteiger partial charge in [0.05, 0.1) is 11.3 Å². The van der Waals surface area contributed by atoms with Gasteiger partial charge in [-0.25, -0.2) is 8.42 Å². The Morgan fingerprint density at radius 3 is 2.61 bits per heavy atom. The number of para-hydroxylation sites is 1. The Bertz CT molecular complexity index is 512. The zero-order chi connectivity index (χ0) is 13.6. The molecule has 0 aliphatic carbocycles. The van der Waals surface area contributed by atoms with Gasteiger partial charge in [-0.2, -0.15) is 0 Å². The molecule has 3 N–H and O–H groups in total. The molecule has 0 radical (unpaired) electrons. The number of hydrogen-bond donors (Lipinski definition) is 2. The van der Waals surface area contributed by atoms with E-state index in [9.17, 15) is 13.2 Å². The third kappa shape index (κ3) is 4.37. The zero-order valence-corrected chi connectivity index (χ0v) is 11.2. The minimum absolute atomic E-state index is 0.148. The zero-order valence-electron chi connectivity index (χ0n) is 10.3. The van der Waals surface area contributed by atoms with Crippen molar-refractivity contribution in [1.29, 1.82) is 0 Å². The highest BCUT2D eigenvalue weighted by Gasteiger charge is 2.08. The van der Waals surface area contributed by atoms with E-state index in [1.54, 1.807) is 31.2 Å². The van der Waals surface area contributed by atoms with Gasteiger partial charge in [0.2, 0.25) is 0 Å². The predicted octanol–water partition coefficient (Wildman–Crippen LogP) is 1.02.